The van der Waals surface area contributed by atoms with Crippen molar-refractivity contribution in [2.75, 3.05) is 6.26 Å². The van der Waals surface area contributed by atoms with Crippen LogP contribution in [0.15, 0.2) is 30.5 Å². The van der Waals surface area contributed by atoms with E-state index in [1.54, 1.807) is 0 Å². The number of fused-ring (bicyclic) bond motifs is 3. The molecule has 4 rings (SSSR count). The lowest BCUT2D eigenvalue weighted by Crippen LogP contribution is -2.47. The van der Waals surface area contributed by atoms with E-state index >= 15 is 0 Å². The van der Waals surface area contributed by atoms with Gasteiger partial charge in [-0.1, -0.05) is 6.07 Å². The molecule has 0 spiro atoms. The molecule has 1 N–H and O–H groups in total. The van der Waals surface area contributed by atoms with Crippen LogP contribution in [0.1, 0.15) is 36.0 Å². The van der Waals surface area contributed by atoms with Crippen molar-refractivity contribution in [3.8, 4) is 0 Å². The summed E-state index contributed by atoms with van der Waals surface area (Å²) in [4.78, 5) is 18.3. The van der Waals surface area contributed by atoms with Crippen molar-refractivity contribution in [2.24, 2.45) is 0 Å². The Kier molecular flexibility index (Phi) is 3.21. The summed E-state index contributed by atoms with van der Waals surface area (Å²) in [5.74, 6) is 0.221. The van der Waals surface area contributed by atoms with Gasteiger partial charge in [0.15, 0.2) is 0 Å². The Bertz CT molecular complexity index is 666. The monoisotopic (exact) mass is 300 g/mol. The number of benzene rings is 1. The molecule has 2 aromatic rings. The van der Waals surface area contributed by atoms with E-state index in [2.05, 4.69) is 16.1 Å². The average Bonchev–Trinajstić information content (AvgIpc) is 3.08. The third-order valence-corrected chi connectivity index (χ3v) is 6.11. The van der Waals surface area contributed by atoms with E-state index in [0.717, 1.165) is 34.6 Å². The lowest BCUT2D eigenvalue weighted by Gasteiger charge is -2.38. The number of nitrogens with one attached hydrogen (secondary N) is 1. The van der Waals surface area contributed by atoms with Crippen LogP contribution in [0.4, 0.5) is 0 Å². The van der Waals surface area contributed by atoms with Gasteiger partial charge >= 0.3 is 0 Å². The van der Waals surface area contributed by atoms with Gasteiger partial charge in [0.05, 0.1) is 0 Å². The summed E-state index contributed by atoms with van der Waals surface area (Å²) in [5.41, 5.74) is 1.87. The molecule has 2 unspecified atom stereocenters. The van der Waals surface area contributed by atoms with E-state index in [1.807, 2.05) is 42.2 Å². The van der Waals surface area contributed by atoms with E-state index in [-0.39, 0.29) is 5.91 Å². The number of aromatic amines is 1. The summed E-state index contributed by atoms with van der Waals surface area (Å²) in [6.07, 6.45) is 8.80. The second-order valence-electron chi connectivity index (χ2n) is 6.21. The van der Waals surface area contributed by atoms with Gasteiger partial charge in [-0.2, -0.15) is 11.8 Å². The smallest absolute Gasteiger partial charge is 0.254 e. The fourth-order valence-corrected chi connectivity index (χ4v) is 4.81. The molecule has 2 aliphatic rings. The number of hydrogen-bond acceptors (Lipinski definition) is 2. The summed E-state index contributed by atoms with van der Waals surface area (Å²) >= 11 is 1.96. The highest BCUT2D eigenvalue weighted by Gasteiger charge is 2.43. The van der Waals surface area contributed by atoms with Crippen LogP contribution >= 0.6 is 11.8 Å². The predicted octanol–water partition coefficient (Wildman–Crippen LogP) is 3.67. The Balaban J connectivity index is 1.62. The first kappa shape index (κ1) is 13.3. The van der Waals surface area contributed by atoms with Crippen molar-refractivity contribution in [1.82, 2.24) is 9.88 Å². The van der Waals surface area contributed by atoms with Gasteiger partial charge < -0.3 is 9.88 Å². The van der Waals surface area contributed by atoms with E-state index in [9.17, 15) is 4.79 Å². The SMILES string of the molecule is CSC1CC2CCC(C1)N2C(=O)c1ccc2cc[nH]c2c1. The number of rotatable bonds is 2. The molecule has 2 saturated heterocycles. The van der Waals surface area contributed by atoms with Crippen molar-refractivity contribution < 1.29 is 4.79 Å². The molecule has 21 heavy (non-hydrogen) atoms. The number of aromatic nitrogens is 1. The minimum atomic E-state index is 0.221. The molecule has 3 nitrogen and oxygen atoms in total. The summed E-state index contributed by atoms with van der Waals surface area (Å²) in [6.45, 7) is 0. The standard InChI is InChI=1S/C17H20N2OS/c1-21-15-9-13-4-5-14(10-15)19(13)17(20)12-3-2-11-6-7-18-16(11)8-12/h2-3,6-8,13-15,18H,4-5,9-10H2,1H3. The molecule has 2 atom stereocenters. The van der Waals surface area contributed by atoms with Crippen molar-refractivity contribution in [2.45, 2.75) is 43.0 Å². The molecular formula is C17H20N2OS. The topological polar surface area (TPSA) is 36.1 Å². The number of H-pyrrole nitrogens is 1. The zero-order valence-electron chi connectivity index (χ0n) is 12.2. The molecular weight excluding hydrogens is 280 g/mol. The number of hydrogen-bond donors (Lipinski definition) is 1. The lowest BCUT2D eigenvalue weighted by atomic mass is 10.0. The van der Waals surface area contributed by atoms with Crippen molar-refractivity contribution in [1.29, 1.82) is 0 Å². The summed E-state index contributed by atoms with van der Waals surface area (Å²) in [6, 6.07) is 8.95. The van der Waals surface area contributed by atoms with Crippen LogP contribution in [0, 0.1) is 0 Å². The summed E-state index contributed by atoms with van der Waals surface area (Å²) in [7, 11) is 0. The van der Waals surface area contributed by atoms with Crippen molar-refractivity contribution >= 4 is 28.6 Å². The highest BCUT2D eigenvalue weighted by atomic mass is 32.2. The second-order valence-corrected chi connectivity index (χ2v) is 7.34. The number of thioether (sulfide) groups is 1. The molecule has 0 radical (unpaired) electrons. The van der Waals surface area contributed by atoms with Crippen LogP contribution in [0.2, 0.25) is 0 Å². The van der Waals surface area contributed by atoms with Crippen LogP contribution in [0.25, 0.3) is 10.9 Å². The van der Waals surface area contributed by atoms with Crippen LogP contribution < -0.4 is 0 Å². The quantitative estimate of drug-likeness (QED) is 0.918. The third-order valence-electron chi connectivity index (χ3n) is 5.06. The van der Waals surface area contributed by atoms with Gasteiger partial charge in [-0.05, 0) is 55.5 Å². The Hall–Kier alpha value is -1.42. The second kappa shape index (κ2) is 5.09. The maximum absolute atomic E-state index is 12.9. The third kappa shape index (κ3) is 2.16. The maximum Gasteiger partial charge on any atom is 0.254 e. The first-order chi connectivity index (χ1) is 10.3. The van der Waals surface area contributed by atoms with Gasteiger partial charge in [-0.3, -0.25) is 4.79 Å². The number of carbonyl (C=O) groups is 1. The highest BCUT2D eigenvalue weighted by Crippen LogP contribution is 2.40. The molecule has 1 aromatic heterocycles. The molecule has 110 valence electrons. The van der Waals surface area contributed by atoms with E-state index in [4.69, 9.17) is 0 Å². The average molecular weight is 300 g/mol. The Morgan fingerprint density at radius 2 is 2.00 bits per heavy atom. The number of amides is 1. The van der Waals surface area contributed by atoms with Gasteiger partial charge in [0.25, 0.3) is 5.91 Å². The Morgan fingerprint density at radius 1 is 1.24 bits per heavy atom. The van der Waals surface area contributed by atoms with Gasteiger partial charge in [0.1, 0.15) is 0 Å². The van der Waals surface area contributed by atoms with Gasteiger partial charge in [-0.15, -0.1) is 0 Å². The molecule has 1 amide bonds. The largest absolute Gasteiger partial charge is 0.361 e. The highest BCUT2D eigenvalue weighted by molar-refractivity contribution is 7.99. The first-order valence-electron chi connectivity index (χ1n) is 7.69. The van der Waals surface area contributed by atoms with Gasteiger partial charge in [0.2, 0.25) is 0 Å². The van der Waals surface area contributed by atoms with Crippen LogP contribution in [-0.2, 0) is 0 Å². The molecule has 1 aromatic carbocycles. The minimum absolute atomic E-state index is 0.221. The fourth-order valence-electron chi connectivity index (χ4n) is 3.98. The van der Waals surface area contributed by atoms with Gasteiger partial charge in [-0.25, -0.2) is 0 Å². The van der Waals surface area contributed by atoms with Crippen molar-refractivity contribution in [3.63, 3.8) is 0 Å². The number of piperidine rings is 1. The van der Waals surface area contributed by atoms with E-state index in [1.165, 1.54) is 12.8 Å². The normalized spacial score (nSPS) is 28.2. The molecule has 4 heteroatoms. The number of carbonyl (C=O) groups excluding carboxylic acids is 1. The minimum Gasteiger partial charge on any atom is -0.361 e. The molecule has 2 bridgehead atoms. The Morgan fingerprint density at radius 3 is 2.71 bits per heavy atom. The van der Waals surface area contributed by atoms with Gasteiger partial charge in [0, 0.05) is 34.6 Å². The molecule has 0 saturated carbocycles. The van der Waals surface area contributed by atoms with Crippen LogP contribution in [-0.4, -0.2) is 39.4 Å². The zero-order chi connectivity index (χ0) is 14.4. The summed E-state index contributed by atoms with van der Waals surface area (Å²) in [5, 5.41) is 1.90. The molecule has 2 fully saturated rings. The number of nitrogens with zero attached hydrogens (tertiary/aromatic N) is 1. The van der Waals surface area contributed by atoms with E-state index in [0.29, 0.717) is 12.1 Å². The zero-order valence-corrected chi connectivity index (χ0v) is 13.0. The maximum atomic E-state index is 12.9. The predicted molar refractivity (Wildman–Crippen MR) is 87.8 cm³/mol. The fraction of sp³-hybridized carbons (Fsp3) is 0.471. The van der Waals surface area contributed by atoms with Crippen LogP contribution in [0.5, 0.6) is 0 Å². The summed E-state index contributed by atoms with van der Waals surface area (Å²) < 4.78 is 0. The van der Waals surface area contributed by atoms with Crippen LogP contribution in [0.3, 0.4) is 0 Å². The molecule has 0 aliphatic carbocycles. The van der Waals surface area contributed by atoms with E-state index < -0.39 is 0 Å². The molecule has 2 aliphatic heterocycles. The van der Waals surface area contributed by atoms with Crippen molar-refractivity contribution in [3.05, 3.63) is 36.0 Å². The molecule has 3 heterocycles. The lowest BCUT2D eigenvalue weighted by molar-refractivity contribution is 0.0602. The first-order valence-corrected chi connectivity index (χ1v) is 8.97. The Labute approximate surface area is 129 Å².